The Morgan fingerprint density at radius 3 is 1.41 bits per heavy atom. The lowest BCUT2D eigenvalue weighted by Gasteiger charge is -2.25. The highest BCUT2D eigenvalue weighted by molar-refractivity contribution is 9.10. The first kappa shape index (κ1) is 26.1. The molecular weight excluding hydrogens is 540 g/mol. The van der Waals surface area contributed by atoms with E-state index in [0.29, 0.717) is 18.7 Å². The van der Waals surface area contributed by atoms with Gasteiger partial charge in [0.1, 0.15) is 0 Å². The summed E-state index contributed by atoms with van der Waals surface area (Å²) in [5.41, 5.74) is -0.554. The Morgan fingerprint density at radius 2 is 1.09 bits per heavy atom. The maximum absolute atomic E-state index is 13.7. The molecular formula is C23H27BrN4O4S2. The average molecular weight is 568 g/mol. The highest BCUT2D eigenvalue weighted by atomic mass is 79.9. The standard InChI is InChI=1S/C23H27BrN4O4S2/c1-5-25-18(29)16(19(30)26(6-2)22(25)33)15(13-9-11-14(24)12-10-13)17-20(31)27(7-3)23(34)28(8-4)21(17)32/h9-12,15,29,31H,5-8H2,1-4H3. The van der Waals surface area contributed by atoms with Crippen LogP contribution in [-0.2, 0) is 26.2 Å². The van der Waals surface area contributed by atoms with Crippen molar-refractivity contribution in [3.05, 3.63) is 75.7 Å². The van der Waals surface area contributed by atoms with Crippen LogP contribution in [0.2, 0.25) is 0 Å². The summed E-state index contributed by atoms with van der Waals surface area (Å²) in [6.45, 7) is 8.36. The molecule has 0 bridgehead atoms. The molecule has 0 aliphatic heterocycles. The molecule has 0 atom stereocenters. The molecule has 34 heavy (non-hydrogen) atoms. The van der Waals surface area contributed by atoms with Crippen molar-refractivity contribution < 1.29 is 10.2 Å². The van der Waals surface area contributed by atoms with Gasteiger partial charge in [-0.1, -0.05) is 28.1 Å². The molecule has 2 heterocycles. The topological polar surface area (TPSA) is 94.3 Å². The first-order chi connectivity index (χ1) is 16.1. The Balaban J connectivity index is 2.61. The molecule has 11 heteroatoms. The molecule has 3 rings (SSSR count). The molecule has 2 N–H and O–H groups in total. The predicted octanol–water partition coefficient (Wildman–Crippen LogP) is 4.51. The summed E-state index contributed by atoms with van der Waals surface area (Å²) in [6, 6.07) is 7.04. The van der Waals surface area contributed by atoms with Gasteiger partial charge in [-0.2, -0.15) is 0 Å². The molecule has 3 aromatic rings. The van der Waals surface area contributed by atoms with Gasteiger partial charge in [0, 0.05) is 30.7 Å². The highest BCUT2D eigenvalue weighted by Gasteiger charge is 2.33. The summed E-state index contributed by atoms with van der Waals surface area (Å²) in [7, 11) is 0. The van der Waals surface area contributed by atoms with Gasteiger partial charge in [-0.05, 0) is 69.8 Å². The van der Waals surface area contributed by atoms with Gasteiger partial charge in [-0.3, -0.25) is 27.9 Å². The number of aromatic hydroxyl groups is 2. The van der Waals surface area contributed by atoms with Crippen LogP contribution in [0, 0.1) is 9.54 Å². The zero-order valence-electron chi connectivity index (χ0n) is 19.4. The largest absolute Gasteiger partial charge is 0.494 e. The summed E-state index contributed by atoms with van der Waals surface area (Å²) in [4.78, 5) is 27.3. The van der Waals surface area contributed by atoms with Gasteiger partial charge in [-0.15, -0.1) is 0 Å². The van der Waals surface area contributed by atoms with Gasteiger partial charge in [0.2, 0.25) is 11.8 Å². The van der Waals surface area contributed by atoms with Crippen LogP contribution in [0.4, 0.5) is 0 Å². The SMILES string of the molecule is CCn1c(O)c(C(c2ccc(Br)cc2)c2c(O)n(CC)c(=S)n(CC)c2=O)c(=O)n(CC)c1=S. The second-order valence-electron chi connectivity index (χ2n) is 7.61. The summed E-state index contributed by atoms with van der Waals surface area (Å²) in [5.74, 6) is -1.73. The van der Waals surface area contributed by atoms with E-state index in [1.54, 1.807) is 52.0 Å². The minimum Gasteiger partial charge on any atom is -0.494 e. The molecule has 0 aliphatic rings. The Kier molecular flexibility index (Phi) is 7.99. The van der Waals surface area contributed by atoms with Crippen molar-refractivity contribution in [1.82, 2.24) is 18.3 Å². The van der Waals surface area contributed by atoms with Crippen LogP contribution >= 0.6 is 40.4 Å². The number of rotatable bonds is 7. The third-order valence-corrected chi connectivity index (χ3v) is 7.32. The summed E-state index contributed by atoms with van der Waals surface area (Å²) in [5, 5.41) is 22.5. The number of benzene rings is 1. The van der Waals surface area contributed by atoms with Gasteiger partial charge in [0.25, 0.3) is 11.1 Å². The van der Waals surface area contributed by atoms with E-state index in [-0.39, 0.29) is 45.5 Å². The minimum absolute atomic E-state index is 0.0329. The molecule has 1 aromatic carbocycles. The average Bonchev–Trinajstić information content (AvgIpc) is 2.80. The molecule has 0 spiro atoms. The first-order valence-corrected chi connectivity index (χ1v) is 12.6. The molecule has 2 aromatic heterocycles. The number of hydrogen-bond acceptors (Lipinski definition) is 6. The van der Waals surface area contributed by atoms with Crippen LogP contribution in [-0.4, -0.2) is 28.5 Å². The molecule has 0 fully saturated rings. The van der Waals surface area contributed by atoms with Crippen LogP contribution in [0.5, 0.6) is 11.8 Å². The Hall–Kier alpha value is -2.50. The van der Waals surface area contributed by atoms with Crippen LogP contribution in [0.3, 0.4) is 0 Å². The molecule has 182 valence electrons. The monoisotopic (exact) mass is 566 g/mol. The fourth-order valence-corrected chi connectivity index (χ4v) is 5.30. The van der Waals surface area contributed by atoms with Crippen molar-refractivity contribution in [3.63, 3.8) is 0 Å². The van der Waals surface area contributed by atoms with E-state index in [0.717, 1.165) is 4.47 Å². The zero-order chi connectivity index (χ0) is 25.3. The Bertz CT molecular complexity index is 1380. The second kappa shape index (κ2) is 10.4. The molecule has 0 aliphatic carbocycles. The molecule has 0 saturated carbocycles. The van der Waals surface area contributed by atoms with E-state index in [4.69, 9.17) is 24.4 Å². The van der Waals surface area contributed by atoms with Crippen LogP contribution in [0.25, 0.3) is 0 Å². The van der Waals surface area contributed by atoms with Crippen molar-refractivity contribution in [2.75, 3.05) is 0 Å². The van der Waals surface area contributed by atoms with Gasteiger partial charge < -0.3 is 10.2 Å². The lowest BCUT2D eigenvalue weighted by molar-refractivity contribution is 0.380. The third-order valence-electron chi connectivity index (χ3n) is 5.91. The third kappa shape index (κ3) is 4.20. The van der Waals surface area contributed by atoms with Crippen molar-refractivity contribution in [3.8, 4) is 11.8 Å². The predicted molar refractivity (Wildman–Crippen MR) is 140 cm³/mol. The van der Waals surface area contributed by atoms with Gasteiger partial charge in [0.05, 0.1) is 17.0 Å². The maximum atomic E-state index is 13.7. The van der Waals surface area contributed by atoms with Crippen LogP contribution in [0.1, 0.15) is 50.3 Å². The number of hydrogen-bond donors (Lipinski definition) is 2. The summed E-state index contributed by atoms with van der Waals surface area (Å²) < 4.78 is 6.83. The molecule has 8 nitrogen and oxygen atoms in total. The fraction of sp³-hybridized carbons (Fsp3) is 0.391. The van der Waals surface area contributed by atoms with Crippen molar-refractivity contribution in [2.45, 2.75) is 59.8 Å². The van der Waals surface area contributed by atoms with E-state index in [1.165, 1.54) is 18.3 Å². The van der Waals surface area contributed by atoms with E-state index in [9.17, 15) is 19.8 Å². The molecule has 0 radical (unpaired) electrons. The molecule has 0 amide bonds. The van der Waals surface area contributed by atoms with Gasteiger partial charge in [0.15, 0.2) is 9.54 Å². The van der Waals surface area contributed by atoms with Crippen LogP contribution in [0.15, 0.2) is 38.3 Å². The quantitative estimate of drug-likeness (QED) is 0.409. The van der Waals surface area contributed by atoms with Gasteiger partial charge in [-0.25, -0.2) is 0 Å². The summed E-state index contributed by atoms with van der Waals surface area (Å²) >= 11 is 14.3. The Morgan fingerprint density at radius 1 is 0.735 bits per heavy atom. The van der Waals surface area contributed by atoms with Crippen molar-refractivity contribution in [1.29, 1.82) is 0 Å². The second-order valence-corrected chi connectivity index (χ2v) is 9.26. The Labute approximate surface area is 215 Å². The molecule has 0 unspecified atom stereocenters. The fourth-order valence-electron chi connectivity index (χ4n) is 4.19. The highest BCUT2D eigenvalue weighted by Crippen LogP contribution is 2.37. The van der Waals surface area contributed by atoms with Crippen molar-refractivity contribution >= 4 is 40.4 Å². The minimum atomic E-state index is -1.06. The van der Waals surface area contributed by atoms with E-state index >= 15 is 0 Å². The van der Waals surface area contributed by atoms with E-state index < -0.39 is 17.0 Å². The number of aromatic nitrogens is 4. The lowest BCUT2D eigenvalue weighted by Crippen LogP contribution is -2.34. The van der Waals surface area contributed by atoms with Crippen LogP contribution < -0.4 is 11.1 Å². The smallest absolute Gasteiger partial charge is 0.262 e. The summed E-state index contributed by atoms with van der Waals surface area (Å²) in [6.07, 6.45) is 0. The normalized spacial score (nSPS) is 11.4. The van der Waals surface area contributed by atoms with E-state index in [1.807, 2.05) is 0 Å². The number of nitrogens with zero attached hydrogens (tertiary/aromatic N) is 4. The van der Waals surface area contributed by atoms with E-state index in [2.05, 4.69) is 15.9 Å². The molecule has 0 saturated heterocycles. The number of halogens is 1. The van der Waals surface area contributed by atoms with Crippen molar-refractivity contribution in [2.24, 2.45) is 0 Å². The maximum Gasteiger partial charge on any atom is 0.262 e. The first-order valence-electron chi connectivity index (χ1n) is 11.0. The van der Waals surface area contributed by atoms with Gasteiger partial charge >= 0.3 is 0 Å². The zero-order valence-corrected chi connectivity index (χ0v) is 22.6. The lowest BCUT2D eigenvalue weighted by atomic mass is 9.86.